The average molecular weight is 649 g/mol. The zero-order valence-electron chi connectivity index (χ0n) is 26.2. The Morgan fingerprint density at radius 3 is 1.40 bits per heavy atom. The molecule has 1 aliphatic heterocycles. The second-order valence-electron chi connectivity index (χ2n) is 11.4. The molecule has 0 spiro atoms. The molecule has 0 bridgehead atoms. The van der Waals surface area contributed by atoms with Gasteiger partial charge in [-0.05, 0) is 34.4 Å². The van der Waals surface area contributed by atoms with Crippen molar-refractivity contribution in [3.63, 3.8) is 0 Å². The molecule has 0 saturated carbocycles. The quantitative estimate of drug-likeness (QED) is 0.116. The third-order valence-corrected chi connectivity index (χ3v) is 8.32. The number of rotatable bonds is 15. The van der Waals surface area contributed by atoms with Gasteiger partial charge in [-0.1, -0.05) is 133 Å². The van der Waals surface area contributed by atoms with Crippen molar-refractivity contribution in [1.29, 1.82) is 0 Å². The van der Waals surface area contributed by atoms with Crippen LogP contribution in [-0.2, 0) is 50.1 Å². The molecule has 47 heavy (non-hydrogen) atoms. The number of hydrogen-bond donors (Lipinski definition) is 1. The first-order valence-corrected chi connectivity index (χ1v) is 16.4. The van der Waals surface area contributed by atoms with E-state index >= 15 is 0 Å². The van der Waals surface area contributed by atoms with Crippen LogP contribution in [0.4, 0.5) is 0 Å². The SMILES string of the molecule is Sc1ccccc1O[C@@H]1O[C@H](COCc2ccccc2)[C@H](OCc2ccccc2)[C@H](OCc2ccccc2)[C@H]1OCc1ccccc1. The van der Waals surface area contributed by atoms with E-state index in [1.807, 2.05) is 146 Å². The standard InChI is InChI=1S/C40H40O6S/c47-36-24-14-13-23-34(36)45-40-39(44-28-33-21-11-4-12-22-33)38(43-27-32-19-9-3-10-20-32)37(42-26-31-17-7-2-8-18-31)35(46-40)29-41-25-30-15-5-1-6-16-30/h1-24,35,37-40,47H,25-29H2/t35-,37+,38+,39-,40-/m1/s1. The lowest BCUT2D eigenvalue weighted by atomic mass is 9.97. The van der Waals surface area contributed by atoms with Crippen LogP contribution in [0.15, 0.2) is 150 Å². The molecule has 1 fully saturated rings. The van der Waals surface area contributed by atoms with Crippen LogP contribution in [0, 0.1) is 0 Å². The van der Waals surface area contributed by atoms with E-state index in [1.54, 1.807) is 0 Å². The van der Waals surface area contributed by atoms with Gasteiger partial charge in [0.15, 0.2) is 0 Å². The summed E-state index contributed by atoms with van der Waals surface area (Å²) in [5, 5.41) is 0. The fourth-order valence-corrected chi connectivity index (χ4v) is 5.74. The molecule has 242 valence electrons. The average Bonchev–Trinajstić information content (AvgIpc) is 3.12. The van der Waals surface area contributed by atoms with Gasteiger partial charge in [0.25, 0.3) is 0 Å². The fraction of sp³-hybridized carbons (Fsp3) is 0.250. The minimum Gasteiger partial charge on any atom is -0.461 e. The van der Waals surface area contributed by atoms with Gasteiger partial charge in [0.1, 0.15) is 30.2 Å². The minimum absolute atomic E-state index is 0.257. The highest BCUT2D eigenvalue weighted by Crippen LogP contribution is 2.34. The molecule has 6 rings (SSSR count). The number of benzene rings is 5. The maximum absolute atomic E-state index is 6.78. The Hall–Kier alpha value is -3.95. The third kappa shape index (κ3) is 9.55. The van der Waals surface area contributed by atoms with Crippen molar-refractivity contribution in [2.75, 3.05) is 6.61 Å². The van der Waals surface area contributed by atoms with E-state index in [-0.39, 0.29) is 6.61 Å². The Kier molecular flexibility index (Phi) is 12.1. The summed E-state index contributed by atoms with van der Waals surface area (Å²) >= 11 is 4.66. The summed E-state index contributed by atoms with van der Waals surface area (Å²) < 4.78 is 39.8. The van der Waals surface area contributed by atoms with Crippen molar-refractivity contribution in [2.45, 2.75) is 62.0 Å². The monoisotopic (exact) mass is 648 g/mol. The zero-order chi connectivity index (χ0) is 32.1. The van der Waals surface area contributed by atoms with Gasteiger partial charge in [0, 0.05) is 4.90 Å². The molecule has 5 aromatic rings. The van der Waals surface area contributed by atoms with E-state index in [0.717, 1.165) is 22.3 Å². The first-order chi connectivity index (χ1) is 23.2. The second kappa shape index (κ2) is 17.3. The Morgan fingerprint density at radius 1 is 0.468 bits per heavy atom. The predicted octanol–water partition coefficient (Wildman–Crippen LogP) is 8.05. The van der Waals surface area contributed by atoms with Crippen molar-refractivity contribution in [3.05, 3.63) is 168 Å². The van der Waals surface area contributed by atoms with Crippen molar-refractivity contribution < 1.29 is 28.4 Å². The molecule has 6 nitrogen and oxygen atoms in total. The Balaban J connectivity index is 1.32. The van der Waals surface area contributed by atoms with Gasteiger partial charge in [-0.25, -0.2) is 0 Å². The summed E-state index contributed by atoms with van der Waals surface area (Å²) in [5.41, 5.74) is 4.18. The molecule has 1 saturated heterocycles. The maximum atomic E-state index is 6.78. The molecular weight excluding hydrogens is 609 g/mol. The van der Waals surface area contributed by atoms with Crippen molar-refractivity contribution in [1.82, 2.24) is 0 Å². The van der Waals surface area contributed by atoms with E-state index in [1.165, 1.54) is 0 Å². The smallest absolute Gasteiger partial charge is 0.229 e. The normalized spacial score (nSPS) is 20.9. The third-order valence-electron chi connectivity index (χ3n) is 7.95. The number of thiol groups is 1. The number of para-hydroxylation sites is 1. The highest BCUT2D eigenvalue weighted by molar-refractivity contribution is 7.80. The molecular formula is C40H40O6S. The number of hydrogen-bond acceptors (Lipinski definition) is 7. The van der Waals surface area contributed by atoms with Crippen LogP contribution in [0.2, 0.25) is 0 Å². The van der Waals surface area contributed by atoms with Gasteiger partial charge in [0.05, 0.1) is 33.0 Å². The lowest BCUT2D eigenvalue weighted by Gasteiger charge is -2.45. The first-order valence-electron chi connectivity index (χ1n) is 15.9. The molecule has 7 heteroatoms. The first kappa shape index (κ1) is 33.0. The topological polar surface area (TPSA) is 55.4 Å². The van der Waals surface area contributed by atoms with E-state index in [0.29, 0.717) is 37.1 Å². The molecule has 5 atom stereocenters. The number of ether oxygens (including phenoxy) is 6. The van der Waals surface area contributed by atoms with Crippen LogP contribution in [0.5, 0.6) is 5.75 Å². The lowest BCUT2D eigenvalue weighted by Crippen LogP contribution is -2.62. The highest BCUT2D eigenvalue weighted by Gasteiger charge is 2.50. The maximum Gasteiger partial charge on any atom is 0.229 e. The molecule has 0 amide bonds. The molecule has 5 aromatic carbocycles. The molecule has 1 aliphatic rings. The largest absolute Gasteiger partial charge is 0.461 e. The summed E-state index contributed by atoms with van der Waals surface area (Å²) in [4.78, 5) is 0.694. The van der Waals surface area contributed by atoms with Crippen LogP contribution in [0.1, 0.15) is 22.3 Å². The van der Waals surface area contributed by atoms with Crippen molar-refractivity contribution >= 4 is 12.6 Å². The van der Waals surface area contributed by atoms with E-state index < -0.39 is 30.7 Å². The zero-order valence-corrected chi connectivity index (χ0v) is 27.1. The Labute approximate surface area is 282 Å². The molecule has 0 N–H and O–H groups in total. The van der Waals surface area contributed by atoms with Gasteiger partial charge in [0.2, 0.25) is 6.29 Å². The van der Waals surface area contributed by atoms with E-state index in [2.05, 4.69) is 12.6 Å². The molecule has 1 heterocycles. The summed E-state index contributed by atoms with van der Waals surface area (Å²) in [5.74, 6) is 0.587. The molecule has 0 aromatic heterocycles. The van der Waals surface area contributed by atoms with Gasteiger partial charge in [-0.3, -0.25) is 0 Å². The second-order valence-corrected chi connectivity index (χ2v) is 11.9. The summed E-state index contributed by atoms with van der Waals surface area (Å²) in [6.07, 6.45) is -3.13. The van der Waals surface area contributed by atoms with Gasteiger partial charge >= 0.3 is 0 Å². The van der Waals surface area contributed by atoms with E-state index in [9.17, 15) is 0 Å². The summed E-state index contributed by atoms with van der Waals surface area (Å²) in [7, 11) is 0. The summed E-state index contributed by atoms with van der Waals surface area (Å²) in [6.45, 7) is 1.75. The highest BCUT2D eigenvalue weighted by atomic mass is 32.1. The van der Waals surface area contributed by atoms with Crippen molar-refractivity contribution in [3.8, 4) is 5.75 Å². The van der Waals surface area contributed by atoms with Gasteiger partial charge in [-0.15, -0.1) is 12.6 Å². The van der Waals surface area contributed by atoms with Crippen LogP contribution in [0.3, 0.4) is 0 Å². The summed E-state index contributed by atoms with van der Waals surface area (Å²) in [6, 6.07) is 47.9. The van der Waals surface area contributed by atoms with E-state index in [4.69, 9.17) is 28.4 Å². The molecule has 0 unspecified atom stereocenters. The van der Waals surface area contributed by atoms with Crippen LogP contribution < -0.4 is 4.74 Å². The van der Waals surface area contributed by atoms with Gasteiger partial charge < -0.3 is 28.4 Å². The fourth-order valence-electron chi connectivity index (χ4n) is 5.52. The Morgan fingerprint density at radius 2 is 0.894 bits per heavy atom. The van der Waals surface area contributed by atoms with Crippen LogP contribution in [0.25, 0.3) is 0 Å². The predicted molar refractivity (Wildman–Crippen MR) is 184 cm³/mol. The van der Waals surface area contributed by atoms with Gasteiger partial charge in [-0.2, -0.15) is 0 Å². The van der Waals surface area contributed by atoms with Crippen LogP contribution in [-0.4, -0.2) is 37.3 Å². The van der Waals surface area contributed by atoms with Crippen molar-refractivity contribution in [2.24, 2.45) is 0 Å². The minimum atomic E-state index is -0.838. The molecule has 0 radical (unpaired) electrons. The van der Waals surface area contributed by atoms with Crippen LogP contribution >= 0.6 is 12.6 Å². The molecule has 0 aliphatic carbocycles. The lowest BCUT2D eigenvalue weighted by molar-refractivity contribution is -0.310. The Bertz CT molecular complexity index is 1610.